The van der Waals surface area contributed by atoms with Gasteiger partial charge in [-0.05, 0) is 12.5 Å². The van der Waals surface area contributed by atoms with E-state index in [9.17, 15) is 4.79 Å². The van der Waals surface area contributed by atoms with Crippen LogP contribution in [0.15, 0.2) is 24.3 Å². The maximum Gasteiger partial charge on any atom is 0.224 e. The van der Waals surface area contributed by atoms with Gasteiger partial charge in [0.25, 0.3) is 0 Å². The highest BCUT2D eigenvalue weighted by atomic mass is 16.2. The summed E-state index contributed by atoms with van der Waals surface area (Å²) in [6.45, 7) is 3.60. The molecular formula is C17H23N3O. The number of hydrogen-bond acceptors (Lipinski definition) is 2. The summed E-state index contributed by atoms with van der Waals surface area (Å²) in [7, 11) is 0. The van der Waals surface area contributed by atoms with Crippen LogP contribution in [-0.2, 0) is 17.8 Å². The fourth-order valence-corrected chi connectivity index (χ4v) is 3.21. The highest BCUT2D eigenvalue weighted by Crippen LogP contribution is 2.27. The van der Waals surface area contributed by atoms with Crippen LogP contribution < -0.4 is 5.73 Å². The van der Waals surface area contributed by atoms with Crippen LogP contribution in [0.2, 0.25) is 0 Å². The van der Waals surface area contributed by atoms with Gasteiger partial charge in [0.2, 0.25) is 5.91 Å². The number of nitrogens with one attached hydrogen (secondary N) is 1. The van der Waals surface area contributed by atoms with Crippen molar-refractivity contribution in [2.45, 2.75) is 45.2 Å². The third-order valence-electron chi connectivity index (χ3n) is 4.33. The molecule has 0 saturated carbocycles. The number of carbonyl (C=O) groups excluding carboxylic acids is 1. The Kier molecular flexibility index (Phi) is 3.97. The molecule has 3 rings (SSSR count). The van der Waals surface area contributed by atoms with Gasteiger partial charge in [0.1, 0.15) is 0 Å². The number of rotatable bonds is 4. The molecule has 1 atom stereocenters. The standard InChI is InChI=1S/C17H23N3O/c1-2-5-12(18)10-17(21)20-9-8-16-14(11-20)13-6-3-4-7-15(13)19-16/h3-4,6-7,12,19H,2,5,8-11,18H2,1H3. The number of amides is 1. The molecule has 0 spiro atoms. The molecule has 0 aliphatic carbocycles. The fraction of sp³-hybridized carbons (Fsp3) is 0.471. The molecule has 2 heterocycles. The van der Waals surface area contributed by atoms with Gasteiger partial charge in [-0.1, -0.05) is 31.5 Å². The number of para-hydroxylation sites is 1. The van der Waals surface area contributed by atoms with Gasteiger partial charge in [-0.3, -0.25) is 4.79 Å². The van der Waals surface area contributed by atoms with Crippen molar-refractivity contribution >= 4 is 16.8 Å². The zero-order chi connectivity index (χ0) is 14.8. The highest BCUT2D eigenvalue weighted by Gasteiger charge is 2.24. The number of aromatic amines is 1. The monoisotopic (exact) mass is 285 g/mol. The van der Waals surface area contributed by atoms with E-state index in [0.717, 1.165) is 25.8 Å². The van der Waals surface area contributed by atoms with E-state index in [4.69, 9.17) is 5.73 Å². The van der Waals surface area contributed by atoms with Crippen LogP contribution in [0.4, 0.5) is 0 Å². The predicted molar refractivity (Wildman–Crippen MR) is 84.9 cm³/mol. The minimum Gasteiger partial charge on any atom is -0.358 e. The number of nitrogens with two attached hydrogens (primary N) is 1. The quantitative estimate of drug-likeness (QED) is 0.907. The Morgan fingerprint density at radius 2 is 2.24 bits per heavy atom. The second-order valence-corrected chi connectivity index (χ2v) is 5.95. The minimum atomic E-state index is -0.00753. The van der Waals surface area contributed by atoms with E-state index in [1.807, 2.05) is 17.0 Å². The molecule has 1 unspecified atom stereocenters. The number of benzene rings is 1. The lowest BCUT2D eigenvalue weighted by Crippen LogP contribution is -2.39. The molecule has 0 radical (unpaired) electrons. The third kappa shape index (κ3) is 2.81. The maximum absolute atomic E-state index is 12.4. The van der Waals surface area contributed by atoms with Crippen LogP contribution in [0.3, 0.4) is 0 Å². The lowest BCUT2D eigenvalue weighted by molar-refractivity contribution is -0.132. The van der Waals surface area contributed by atoms with Gasteiger partial charge in [0, 0.05) is 54.1 Å². The smallest absolute Gasteiger partial charge is 0.224 e. The van der Waals surface area contributed by atoms with E-state index in [1.54, 1.807) is 0 Å². The van der Waals surface area contributed by atoms with Gasteiger partial charge in [0.15, 0.2) is 0 Å². The molecule has 1 aromatic carbocycles. The first-order valence-electron chi connectivity index (χ1n) is 7.81. The summed E-state index contributed by atoms with van der Waals surface area (Å²) in [6, 6.07) is 8.30. The molecule has 2 aromatic rings. The van der Waals surface area contributed by atoms with Crippen molar-refractivity contribution < 1.29 is 4.79 Å². The maximum atomic E-state index is 12.4. The summed E-state index contributed by atoms with van der Waals surface area (Å²) in [5.74, 6) is 0.187. The molecule has 112 valence electrons. The average molecular weight is 285 g/mol. The van der Waals surface area contributed by atoms with Crippen molar-refractivity contribution in [3.8, 4) is 0 Å². The summed E-state index contributed by atoms with van der Waals surface area (Å²) in [6.07, 6.45) is 3.31. The molecule has 1 aliphatic heterocycles. The van der Waals surface area contributed by atoms with Gasteiger partial charge in [-0.2, -0.15) is 0 Å². The van der Waals surface area contributed by atoms with E-state index < -0.39 is 0 Å². The number of hydrogen-bond donors (Lipinski definition) is 2. The molecule has 21 heavy (non-hydrogen) atoms. The Morgan fingerprint density at radius 1 is 1.43 bits per heavy atom. The highest BCUT2D eigenvalue weighted by molar-refractivity contribution is 5.86. The Bertz CT molecular complexity index is 647. The Hall–Kier alpha value is -1.81. The molecule has 4 nitrogen and oxygen atoms in total. The Labute approximate surface area is 125 Å². The van der Waals surface area contributed by atoms with Gasteiger partial charge in [-0.25, -0.2) is 0 Å². The first-order chi connectivity index (χ1) is 10.2. The van der Waals surface area contributed by atoms with Crippen molar-refractivity contribution in [1.29, 1.82) is 0 Å². The van der Waals surface area contributed by atoms with E-state index in [0.29, 0.717) is 13.0 Å². The number of nitrogens with zero attached hydrogens (tertiary/aromatic N) is 1. The van der Waals surface area contributed by atoms with Crippen molar-refractivity contribution in [2.75, 3.05) is 6.54 Å². The first kappa shape index (κ1) is 14.1. The van der Waals surface area contributed by atoms with Crippen molar-refractivity contribution in [3.63, 3.8) is 0 Å². The zero-order valence-corrected chi connectivity index (χ0v) is 12.6. The van der Waals surface area contributed by atoms with Crippen molar-refractivity contribution in [3.05, 3.63) is 35.5 Å². The molecule has 0 bridgehead atoms. The number of fused-ring (bicyclic) bond motifs is 3. The second kappa shape index (κ2) is 5.90. The van der Waals surface area contributed by atoms with Crippen LogP contribution in [0.5, 0.6) is 0 Å². The van der Waals surface area contributed by atoms with Crippen molar-refractivity contribution in [1.82, 2.24) is 9.88 Å². The lowest BCUT2D eigenvalue weighted by atomic mass is 10.0. The fourth-order valence-electron chi connectivity index (χ4n) is 3.21. The third-order valence-corrected chi connectivity index (χ3v) is 4.33. The van der Waals surface area contributed by atoms with Gasteiger partial charge < -0.3 is 15.6 Å². The summed E-state index contributed by atoms with van der Waals surface area (Å²) >= 11 is 0. The zero-order valence-electron chi connectivity index (χ0n) is 12.6. The molecule has 1 aliphatic rings. The molecule has 1 aromatic heterocycles. The molecule has 0 fully saturated rings. The number of aromatic nitrogens is 1. The Morgan fingerprint density at radius 3 is 3.05 bits per heavy atom. The van der Waals surface area contributed by atoms with Gasteiger partial charge >= 0.3 is 0 Å². The van der Waals surface area contributed by atoms with Crippen LogP contribution in [-0.4, -0.2) is 28.4 Å². The first-order valence-corrected chi connectivity index (χ1v) is 7.81. The van der Waals surface area contributed by atoms with Gasteiger partial charge in [-0.15, -0.1) is 0 Å². The Balaban J connectivity index is 1.76. The van der Waals surface area contributed by atoms with E-state index in [2.05, 4.69) is 24.0 Å². The minimum absolute atomic E-state index is 0.00753. The summed E-state index contributed by atoms with van der Waals surface area (Å²) in [5, 5.41) is 1.24. The molecule has 3 N–H and O–H groups in total. The number of H-pyrrole nitrogens is 1. The SMILES string of the molecule is CCCC(N)CC(=O)N1CCc2[nH]c3ccccc3c2C1. The lowest BCUT2D eigenvalue weighted by Gasteiger charge is -2.28. The van der Waals surface area contributed by atoms with Crippen LogP contribution in [0.1, 0.15) is 37.4 Å². The molecule has 0 saturated heterocycles. The van der Waals surface area contributed by atoms with E-state index in [-0.39, 0.29) is 11.9 Å². The van der Waals surface area contributed by atoms with Gasteiger partial charge in [0.05, 0.1) is 0 Å². The van der Waals surface area contributed by atoms with E-state index >= 15 is 0 Å². The van der Waals surface area contributed by atoms with Crippen LogP contribution in [0, 0.1) is 0 Å². The summed E-state index contributed by atoms with van der Waals surface area (Å²) < 4.78 is 0. The number of carbonyl (C=O) groups is 1. The van der Waals surface area contributed by atoms with Crippen molar-refractivity contribution in [2.24, 2.45) is 5.73 Å². The predicted octanol–water partition coefficient (Wildman–Crippen LogP) is 2.57. The average Bonchev–Trinajstić information content (AvgIpc) is 2.85. The molecule has 1 amide bonds. The normalized spacial score (nSPS) is 16.0. The topological polar surface area (TPSA) is 62.1 Å². The van der Waals surface area contributed by atoms with Crippen LogP contribution >= 0.6 is 0 Å². The molecular weight excluding hydrogens is 262 g/mol. The summed E-state index contributed by atoms with van der Waals surface area (Å²) in [5.41, 5.74) is 9.72. The second-order valence-electron chi connectivity index (χ2n) is 5.95. The van der Waals surface area contributed by atoms with Crippen LogP contribution in [0.25, 0.3) is 10.9 Å². The summed E-state index contributed by atoms with van der Waals surface area (Å²) in [4.78, 5) is 17.8. The van der Waals surface area contributed by atoms with E-state index in [1.165, 1.54) is 22.2 Å². The largest absolute Gasteiger partial charge is 0.358 e. The molecule has 4 heteroatoms.